The number of piperazine rings is 1. The smallest absolute Gasteiger partial charge is 0.319 e. The van der Waals surface area contributed by atoms with Crippen LogP contribution in [0.5, 0.6) is 11.8 Å². The van der Waals surface area contributed by atoms with Crippen molar-refractivity contribution in [2.75, 3.05) is 44.2 Å². The van der Waals surface area contributed by atoms with Crippen LogP contribution < -0.4 is 14.4 Å². The highest BCUT2D eigenvalue weighted by Gasteiger charge is 2.49. The molecule has 0 N–H and O–H groups in total. The van der Waals surface area contributed by atoms with E-state index in [0.29, 0.717) is 56.3 Å². The molecule has 10 nitrogen and oxygen atoms in total. The van der Waals surface area contributed by atoms with Crippen molar-refractivity contribution in [3.63, 3.8) is 0 Å². The van der Waals surface area contributed by atoms with Gasteiger partial charge in [-0.2, -0.15) is 15.2 Å². The second kappa shape index (κ2) is 12.6. The van der Waals surface area contributed by atoms with Crippen LogP contribution in [0.25, 0.3) is 22.2 Å². The third-order valence-corrected chi connectivity index (χ3v) is 10.9. The zero-order valence-corrected chi connectivity index (χ0v) is 27.4. The summed E-state index contributed by atoms with van der Waals surface area (Å²) in [5, 5.41) is 10.4. The molecular formula is C37H42FN7O3. The molecule has 1 aromatic carbocycles. The van der Waals surface area contributed by atoms with E-state index in [9.17, 15) is 14.4 Å². The molecule has 1 amide bonds. The second-order valence-electron chi connectivity index (χ2n) is 14.1. The summed E-state index contributed by atoms with van der Waals surface area (Å²) in [6.45, 7) is 6.61. The van der Waals surface area contributed by atoms with E-state index >= 15 is 0 Å². The summed E-state index contributed by atoms with van der Waals surface area (Å²) in [6.07, 6.45) is 11.2. The number of benzene rings is 1. The first-order chi connectivity index (χ1) is 23.5. The Morgan fingerprint density at radius 1 is 1.15 bits per heavy atom. The lowest BCUT2D eigenvalue weighted by Gasteiger charge is -2.41. The van der Waals surface area contributed by atoms with Crippen molar-refractivity contribution in [2.24, 2.45) is 0 Å². The number of alkyl halides is 1. The predicted molar refractivity (Wildman–Crippen MR) is 180 cm³/mol. The lowest BCUT2D eigenvalue weighted by molar-refractivity contribution is -0.128. The van der Waals surface area contributed by atoms with E-state index in [-0.39, 0.29) is 36.0 Å². The Morgan fingerprint density at radius 3 is 2.85 bits per heavy atom. The standard InChI is InChI=1S/C37H42FN7O3/c1-2-31(46)45-18-17-43(22-26(45)13-15-39)35-30-20-40-32(29-10-5-8-24-7-3-4-9-28(24)29)34(48-27-11-12-27)33(30)41-36(42-35)47-23-37-14-6-16-44(37)21-25(38)19-37/h2,5,8,10,20,25-27H,1,3-4,6-7,9,11-14,16-19,21-23H2/t25-,26+,37+/m1/s1. The Labute approximate surface area is 280 Å². The van der Waals surface area contributed by atoms with Crippen LogP contribution in [0.1, 0.15) is 62.5 Å². The number of hydrogen-bond acceptors (Lipinski definition) is 9. The first kappa shape index (κ1) is 31.0. The molecule has 3 atom stereocenters. The minimum absolute atomic E-state index is 0.0952. The SMILES string of the molecule is C=CC(=O)N1CCN(c2nc(OC[C@@]34CCCN3C[C@H](F)C4)nc3c(OC4CC4)c(-c4cccc5c4CCCC5)ncc23)C[C@@H]1CC#N. The van der Waals surface area contributed by atoms with E-state index in [0.717, 1.165) is 68.1 Å². The number of fused-ring (bicyclic) bond motifs is 3. The molecule has 0 spiro atoms. The average Bonchev–Trinajstić information content (AvgIpc) is 3.77. The van der Waals surface area contributed by atoms with Gasteiger partial charge in [0.2, 0.25) is 5.91 Å². The molecule has 8 rings (SSSR count). The van der Waals surface area contributed by atoms with Gasteiger partial charge >= 0.3 is 6.01 Å². The van der Waals surface area contributed by atoms with Gasteiger partial charge in [-0.05, 0) is 75.1 Å². The summed E-state index contributed by atoms with van der Waals surface area (Å²) < 4.78 is 27.8. The number of pyridine rings is 1. The van der Waals surface area contributed by atoms with Crippen LogP contribution in [0.15, 0.2) is 37.1 Å². The number of rotatable bonds is 9. The highest BCUT2D eigenvalue weighted by molar-refractivity contribution is 5.97. The molecule has 3 aliphatic heterocycles. The zero-order valence-electron chi connectivity index (χ0n) is 27.4. The molecule has 0 radical (unpaired) electrons. The van der Waals surface area contributed by atoms with E-state index in [2.05, 4.69) is 40.6 Å². The maximum Gasteiger partial charge on any atom is 0.319 e. The number of anilines is 1. The molecule has 0 unspecified atom stereocenters. The van der Waals surface area contributed by atoms with Crippen molar-refractivity contribution in [1.82, 2.24) is 24.8 Å². The molecule has 2 aliphatic carbocycles. The fraction of sp³-hybridized carbons (Fsp3) is 0.541. The molecule has 11 heteroatoms. The highest BCUT2D eigenvalue weighted by atomic mass is 19.1. The molecule has 4 fully saturated rings. The molecule has 1 saturated carbocycles. The molecule has 2 aromatic heterocycles. The monoisotopic (exact) mass is 651 g/mol. The van der Waals surface area contributed by atoms with E-state index in [4.69, 9.17) is 24.4 Å². The molecule has 48 heavy (non-hydrogen) atoms. The maximum atomic E-state index is 14.6. The van der Waals surface area contributed by atoms with Gasteiger partial charge in [-0.3, -0.25) is 14.7 Å². The van der Waals surface area contributed by atoms with Crippen molar-refractivity contribution < 1.29 is 18.7 Å². The predicted octanol–water partition coefficient (Wildman–Crippen LogP) is 5.18. The van der Waals surface area contributed by atoms with Gasteiger partial charge in [0.25, 0.3) is 0 Å². The van der Waals surface area contributed by atoms with Gasteiger partial charge in [0, 0.05) is 44.4 Å². The van der Waals surface area contributed by atoms with Crippen LogP contribution >= 0.6 is 0 Å². The first-order valence-corrected chi connectivity index (χ1v) is 17.5. The lowest BCUT2D eigenvalue weighted by Crippen LogP contribution is -2.55. The number of nitriles is 1. The van der Waals surface area contributed by atoms with E-state index in [1.807, 2.05) is 6.20 Å². The number of hydrogen-bond donors (Lipinski definition) is 0. The van der Waals surface area contributed by atoms with Crippen LogP contribution in [0.2, 0.25) is 0 Å². The topological polar surface area (TPSA) is 108 Å². The van der Waals surface area contributed by atoms with Gasteiger partial charge in [0.05, 0.1) is 35.6 Å². The number of amides is 1. The summed E-state index contributed by atoms with van der Waals surface area (Å²) in [6, 6.07) is 8.60. The van der Waals surface area contributed by atoms with Crippen LogP contribution in [0, 0.1) is 11.3 Å². The normalized spacial score (nSPS) is 25.4. The summed E-state index contributed by atoms with van der Waals surface area (Å²) >= 11 is 0. The van der Waals surface area contributed by atoms with Crippen molar-refractivity contribution in [3.8, 4) is 29.1 Å². The lowest BCUT2D eigenvalue weighted by atomic mass is 9.87. The Bertz CT molecular complexity index is 1790. The zero-order chi connectivity index (χ0) is 32.8. The quantitative estimate of drug-likeness (QED) is 0.289. The molecule has 5 heterocycles. The van der Waals surface area contributed by atoms with Crippen molar-refractivity contribution in [3.05, 3.63) is 48.2 Å². The number of aromatic nitrogens is 3. The van der Waals surface area contributed by atoms with Crippen LogP contribution in [0.4, 0.5) is 10.2 Å². The minimum Gasteiger partial charge on any atom is -0.486 e. The molecule has 250 valence electrons. The van der Waals surface area contributed by atoms with Crippen molar-refractivity contribution in [2.45, 2.75) is 88.1 Å². The summed E-state index contributed by atoms with van der Waals surface area (Å²) in [5.41, 5.74) is 4.84. The molecule has 3 aromatic rings. The third kappa shape index (κ3) is 5.64. The number of carbonyl (C=O) groups excluding carboxylic acids is 1. The second-order valence-corrected chi connectivity index (χ2v) is 14.1. The van der Waals surface area contributed by atoms with Gasteiger partial charge in [0.15, 0.2) is 5.75 Å². The minimum atomic E-state index is -0.863. The van der Waals surface area contributed by atoms with E-state index in [1.165, 1.54) is 23.6 Å². The van der Waals surface area contributed by atoms with Gasteiger partial charge in [-0.15, -0.1) is 0 Å². The summed E-state index contributed by atoms with van der Waals surface area (Å²) in [5.74, 6) is 1.09. The van der Waals surface area contributed by atoms with Gasteiger partial charge in [-0.25, -0.2) is 4.39 Å². The van der Waals surface area contributed by atoms with Crippen LogP contribution in [-0.2, 0) is 17.6 Å². The van der Waals surface area contributed by atoms with Crippen molar-refractivity contribution in [1.29, 1.82) is 5.26 Å². The summed E-state index contributed by atoms with van der Waals surface area (Å²) in [4.78, 5) is 33.8. The largest absolute Gasteiger partial charge is 0.486 e. The number of ether oxygens (including phenoxy) is 2. The average molecular weight is 652 g/mol. The highest BCUT2D eigenvalue weighted by Crippen LogP contribution is 2.44. The number of aryl methyl sites for hydroxylation is 1. The van der Waals surface area contributed by atoms with Crippen molar-refractivity contribution >= 4 is 22.6 Å². The molecule has 0 bridgehead atoms. The first-order valence-electron chi connectivity index (χ1n) is 17.5. The molecular weight excluding hydrogens is 609 g/mol. The Kier molecular flexibility index (Phi) is 8.15. The Morgan fingerprint density at radius 2 is 2.02 bits per heavy atom. The maximum absolute atomic E-state index is 14.6. The fourth-order valence-corrected chi connectivity index (χ4v) is 8.38. The third-order valence-electron chi connectivity index (χ3n) is 10.9. The van der Waals surface area contributed by atoms with Crippen LogP contribution in [0.3, 0.4) is 0 Å². The number of halogens is 1. The molecule has 5 aliphatic rings. The Hall–Kier alpha value is -4.30. The van der Waals surface area contributed by atoms with E-state index in [1.54, 1.807) is 4.90 Å². The van der Waals surface area contributed by atoms with Gasteiger partial charge in [0.1, 0.15) is 29.8 Å². The number of carbonyl (C=O) groups is 1. The molecule has 3 saturated heterocycles. The van der Waals surface area contributed by atoms with Gasteiger partial charge < -0.3 is 19.3 Å². The Balaban J connectivity index is 1.25. The summed E-state index contributed by atoms with van der Waals surface area (Å²) in [7, 11) is 0. The van der Waals surface area contributed by atoms with E-state index < -0.39 is 6.17 Å². The van der Waals surface area contributed by atoms with Gasteiger partial charge in [-0.1, -0.05) is 24.8 Å². The van der Waals surface area contributed by atoms with Crippen LogP contribution in [-0.4, -0.2) is 93.8 Å². The fourth-order valence-electron chi connectivity index (χ4n) is 8.38. The number of nitrogens with zero attached hydrogens (tertiary/aromatic N) is 7.